The number of nitrogens with zero attached hydrogens (tertiary/aromatic N) is 6. The molecule has 1 aromatic carbocycles. The normalized spacial score (nSPS) is 19.4. The first-order chi connectivity index (χ1) is 15.7. The monoisotopic (exact) mass is 434 g/mol. The van der Waals surface area contributed by atoms with Gasteiger partial charge < -0.3 is 9.64 Å². The zero-order valence-corrected chi connectivity index (χ0v) is 18.0. The van der Waals surface area contributed by atoms with Gasteiger partial charge in [-0.25, -0.2) is 14.4 Å². The largest absolute Gasteiger partial charge is 0.378 e. The number of morpholine rings is 1. The molecule has 0 aliphatic carbocycles. The summed E-state index contributed by atoms with van der Waals surface area (Å²) in [5.74, 6) is 0.549. The van der Waals surface area contributed by atoms with Crippen molar-refractivity contribution >= 4 is 5.95 Å². The molecule has 0 bridgehead atoms. The van der Waals surface area contributed by atoms with Gasteiger partial charge in [-0.15, -0.1) is 0 Å². The van der Waals surface area contributed by atoms with Crippen LogP contribution in [0.1, 0.15) is 41.5 Å². The number of benzene rings is 1. The second-order valence-corrected chi connectivity index (χ2v) is 8.32. The van der Waals surface area contributed by atoms with Crippen molar-refractivity contribution in [2.24, 2.45) is 0 Å². The van der Waals surface area contributed by atoms with Crippen LogP contribution in [0.4, 0.5) is 10.3 Å². The van der Waals surface area contributed by atoms with Gasteiger partial charge in [0.15, 0.2) is 0 Å². The Kier molecular flexibility index (Phi) is 6.31. The smallest absolute Gasteiger partial charge is 0.225 e. The fourth-order valence-electron chi connectivity index (χ4n) is 4.47. The van der Waals surface area contributed by atoms with Crippen molar-refractivity contribution in [2.75, 3.05) is 37.7 Å². The molecule has 2 fully saturated rings. The molecule has 2 aromatic heterocycles. The number of hydrogen-bond acceptors (Lipinski definition) is 7. The van der Waals surface area contributed by atoms with Crippen molar-refractivity contribution in [3.63, 3.8) is 0 Å². The van der Waals surface area contributed by atoms with Crippen LogP contribution in [0.2, 0.25) is 0 Å². The van der Waals surface area contributed by atoms with Gasteiger partial charge in [0.2, 0.25) is 5.95 Å². The van der Waals surface area contributed by atoms with Crippen molar-refractivity contribution in [1.29, 1.82) is 0 Å². The van der Waals surface area contributed by atoms with Gasteiger partial charge in [0.25, 0.3) is 0 Å². The van der Waals surface area contributed by atoms with Crippen LogP contribution in [0.25, 0.3) is 0 Å². The van der Waals surface area contributed by atoms with E-state index >= 15 is 0 Å². The summed E-state index contributed by atoms with van der Waals surface area (Å²) in [4.78, 5) is 23.2. The van der Waals surface area contributed by atoms with E-state index in [4.69, 9.17) is 14.7 Å². The molecule has 1 unspecified atom stereocenters. The third-order valence-electron chi connectivity index (χ3n) is 6.04. The van der Waals surface area contributed by atoms with Gasteiger partial charge >= 0.3 is 0 Å². The molecule has 5 rings (SSSR count). The molecule has 3 aromatic rings. The zero-order chi connectivity index (χ0) is 21.8. The van der Waals surface area contributed by atoms with Gasteiger partial charge in [0.05, 0.1) is 36.3 Å². The lowest BCUT2D eigenvalue weighted by Crippen LogP contribution is -2.37. The van der Waals surface area contributed by atoms with Crippen molar-refractivity contribution in [3.8, 4) is 0 Å². The minimum absolute atomic E-state index is 0.205. The molecule has 0 radical (unpaired) electrons. The molecule has 2 aliphatic rings. The molecule has 4 heterocycles. The van der Waals surface area contributed by atoms with Crippen LogP contribution < -0.4 is 4.90 Å². The predicted octanol–water partition coefficient (Wildman–Crippen LogP) is 3.17. The van der Waals surface area contributed by atoms with Gasteiger partial charge in [0.1, 0.15) is 5.82 Å². The molecular formula is C24H27FN6O. The summed E-state index contributed by atoms with van der Waals surface area (Å²) in [6.07, 6.45) is 8.20. The van der Waals surface area contributed by atoms with Crippen LogP contribution in [0.3, 0.4) is 0 Å². The lowest BCUT2D eigenvalue weighted by atomic mass is 10.1. The molecule has 8 heteroatoms. The Labute approximate surface area is 187 Å². The van der Waals surface area contributed by atoms with Crippen LogP contribution >= 0.6 is 0 Å². The highest BCUT2D eigenvalue weighted by Gasteiger charge is 2.28. The molecular weight excluding hydrogens is 407 g/mol. The fourth-order valence-corrected chi connectivity index (χ4v) is 4.47. The van der Waals surface area contributed by atoms with Gasteiger partial charge in [-0.3, -0.25) is 14.9 Å². The third-order valence-corrected chi connectivity index (χ3v) is 6.04. The second-order valence-electron chi connectivity index (χ2n) is 8.32. The van der Waals surface area contributed by atoms with E-state index in [0.29, 0.717) is 19.6 Å². The summed E-state index contributed by atoms with van der Waals surface area (Å²) >= 11 is 0. The van der Waals surface area contributed by atoms with Crippen LogP contribution in [0, 0.1) is 5.82 Å². The van der Waals surface area contributed by atoms with Crippen molar-refractivity contribution < 1.29 is 9.13 Å². The highest BCUT2D eigenvalue weighted by atomic mass is 19.1. The van der Waals surface area contributed by atoms with E-state index in [0.717, 1.165) is 67.6 Å². The van der Waals surface area contributed by atoms with E-state index in [1.165, 1.54) is 6.07 Å². The average Bonchev–Trinajstić information content (AvgIpc) is 3.28. The fraction of sp³-hybridized carbons (Fsp3) is 0.417. The first-order valence-corrected chi connectivity index (χ1v) is 11.2. The van der Waals surface area contributed by atoms with E-state index in [-0.39, 0.29) is 11.9 Å². The Morgan fingerprint density at radius 3 is 2.81 bits per heavy atom. The minimum atomic E-state index is -0.227. The summed E-state index contributed by atoms with van der Waals surface area (Å²) < 4.78 is 19.0. The number of likely N-dealkylation sites (tertiary alicyclic amines) is 1. The SMILES string of the molecule is Fc1cccc(Cc2cncc(C3CCCN3Cc3ccnc(N4CCOCC4)n3)n2)c1. The molecule has 0 saturated carbocycles. The molecule has 166 valence electrons. The maximum Gasteiger partial charge on any atom is 0.225 e. The van der Waals surface area contributed by atoms with Crippen LogP contribution in [-0.2, 0) is 17.7 Å². The topological polar surface area (TPSA) is 67.3 Å². The number of rotatable bonds is 6. The Morgan fingerprint density at radius 2 is 1.94 bits per heavy atom. The van der Waals surface area contributed by atoms with Crippen molar-refractivity contribution in [1.82, 2.24) is 24.8 Å². The lowest BCUT2D eigenvalue weighted by Gasteiger charge is -2.27. The number of anilines is 1. The zero-order valence-electron chi connectivity index (χ0n) is 18.0. The molecule has 0 amide bonds. The van der Waals surface area contributed by atoms with E-state index < -0.39 is 0 Å². The second kappa shape index (κ2) is 9.67. The molecule has 1 atom stereocenters. The first kappa shape index (κ1) is 20.9. The molecule has 0 N–H and O–H groups in total. The highest BCUT2D eigenvalue weighted by molar-refractivity contribution is 5.31. The van der Waals surface area contributed by atoms with Crippen molar-refractivity contribution in [2.45, 2.75) is 31.8 Å². The minimum Gasteiger partial charge on any atom is -0.378 e. The first-order valence-electron chi connectivity index (χ1n) is 11.2. The Morgan fingerprint density at radius 1 is 1.03 bits per heavy atom. The van der Waals surface area contributed by atoms with Gasteiger partial charge in [-0.2, -0.15) is 0 Å². The number of halogens is 1. The van der Waals surface area contributed by atoms with Crippen molar-refractivity contribution in [3.05, 3.63) is 77.4 Å². The molecule has 2 saturated heterocycles. The van der Waals surface area contributed by atoms with Crippen LogP contribution in [0.5, 0.6) is 0 Å². The molecule has 0 spiro atoms. The van der Waals surface area contributed by atoms with Gasteiger partial charge in [-0.1, -0.05) is 12.1 Å². The predicted molar refractivity (Wildman–Crippen MR) is 119 cm³/mol. The number of aromatic nitrogens is 4. The Balaban J connectivity index is 1.30. The summed E-state index contributed by atoms with van der Waals surface area (Å²) in [6, 6.07) is 8.85. The maximum absolute atomic E-state index is 13.5. The molecule has 7 nitrogen and oxygen atoms in total. The molecule has 32 heavy (non-hydrogen) atoms. The Hall–Kier alpha value is -2.97. The summed E-state index contributed by atoms with van der Waals surface area (Å²) in [6.45, 7) is 4.82. The van der Waals surface area contributed by atoms with Crippen LogP contribution in [-0.4, -0.2) is 57.7 Å². The van der Waals surface area contributed by atoms with Gasteiger partial charge in [0, 0.05) is 44.6 Å². The number of hydrogen-bond donors (Lipinski definition) is 0. The van der Waals surface area contributed by atoms with E-state index in [1.807, 2.05) is 24.5 Å². The van der Waals surface area contributed by atoms with Gasteiger partial charge in [-0.05, 0) is 43.1 Å². The quantitative estimate of drug-likeness (QED) is 0.590. The number of ether oxygens (including phenoxy) is 1. The summed E-state index contributed by atoms with van der Waals surface area (Å²) in [5.41, 5.74) is 3.74. The summed E-state index contributed by atoms with van der Waals surface area (Å²) in [5, 5.41) is 0. The highest BCUT2D eigenvalue weighted by Crippen LogP contribution is 2.32. The van der Waals surface area contributed by atoms with E-state index in [9.17, 15) is 4.39 Å². The lowest BCUT2D eigenvalue weighted by molar-refractivity contribution is 0.122. The molecule has 2 aliphatic heterocycles. The summed E-state index contributed by atoms with van der Waals surface area (Å²) in [7, 11) is 0. The average molecular weight is 435 g/mol. The third kappa shape index (κ3) is 4.92. The standard InChI is InChI=1S/C24H27FN6O/c25-19-4-1-3-18(13-19)14-21-15-26-16-22(28-21)23-5-2-8-31(23)17-20-6-7-27-24(29-20)30-9-11-32-12-10-30/h1,3-4,6-7,13,15-16,23H,2,5,8-12,14,17H2. The van der Waals surface area contributed by atoms with Crippen LogP contribution in [0.15, 0.2) is 48.9 Å². The van der Waals surface area contributed by atoms with E-state index in [1.54, 1.807) is 18.3 Å². The Bertz CT molecular complexity index is 1060. The van der Waals surface area contributed by atoms with E-state index in [2.05, 4.69) is 19.8 Å². The maximum atomic E-state index is 13.5.